The van der Waals surface area contributed by atoms with Crippen LogP contribution in [0.5, 0.6) is 5.75 Å². The SMILES string of the molecule is CN=C(NCC(=O)N1CCc2ccccc21)NCc1ccc(OCC(F)(F)F)cc1.I. The van der Waals surface area contributed by atoms with E-state index in [1.54, 1.807) is 24.1 Å². The van der Waals surface area contributed by atoms with Crippen LogP contribution in [0.4, 0.5) is 18.9 Å². The van der Waals surface area contributed by atoms with Crippen LogP contribution in [-0.4, -0.2) is 44.8 Å². The highest BCUT2D eigenvalue weighted by Gasteiger charge is 2.28. The first kappa shape index (κ1) is 24.8. The Morgan fingerprint density at radius 2 is 1.84 bits per heavy atom. The van der Waals surface area contributed by atoms with E-state index < -0.39 is 12.8 Å². The number of hydrogen-bond donors (Lipinski definition) is 2. The average Bonchev–Trinajstić information content (AvgIpc) is 3.17. The summed E-state index contributed by atoms with van der Waals surface area (Å²) in [4.78, 5) is 18.4. The Balaban J connectivity index is 0.00000341. The summed E-state index contributed by atoms with van der Waals surface area (Å²) in [5.41, 5.74) is 2.94. The van der Waals surface area contributed by atoms with E-state index in [0.717, 1.165) is 23.2 Å². The van der Waals surface area contributed by atoms with Gasteiger partial charge in [-0.05, 0) is 35.7 Å². The number of carbonyl (C=O) groups is 1. The third kappa shape index (κ3) is 7.30. The summed E-state index contributed by atoms with van der Waals surface area (Å²) in [6, 6.07) is 14.1. The van der Waals surface area contributed by atoms with Gasteiger partial charge in [0.15, 0.2) is 12.6 Å². The second-order valence-electron chi connectivity index (χ2n) is 6.75. The fourth-order valence-corrected chi connectivity index (χ4v) is 3.13. The van der Waals surface area contributed by atoms with Crippen molar-refractivity contribution < 1.29 is 22.7 Å². The number of aliphatic imine (C=N–C) groups is 1. The summed E-state index contributed by atoms with van der Waals surface area (Å²) in [5, 5.41) is 6.07. The molecule has 10 heteroatoms. The molecule has 0 aromatic heterocycles. The summed E-state index contributed by atoms with van der Waals surface area (Å²) in [6.45, 7) is -0.177. The molecule has 168 valence electrons. The Morgan fingerprint density at radius 3 is 2.52 bits per heavy atom. The van der Waals surface area contributed by atoms with Crippen molar-refractivity contribution in [3.05, 3.63) is 59.7 Å². The molecule has 1 aliphatic heterocycles. The predicted molar refractivity (Wildman–Crippen MR) is 124 cm³/mol. The van der Waals surface area contributed by atoms with Gasteiger partial charge in [-0.15, -0.1) is 24.0 Å². The first-order valence-corrected chi connectivity index (χ1v) is 9.47. The van der Waals surface area contributed by atoms with Crippen molar-refractivity contribution in [1.29, 1.82) is 0 Å². The van der Waals surface area contributed by atoms with Crippen LogP contribution in [0.1, 0.15) is 11.1 Å². The standard InChI is InChI=1S/C21H23F3N4O2.HI/c1-25-20(26-12-15-6-8-17(9-7-15)30-14-21(22,23)24)27-13-19(29)28-11-10-16-4-2-3-5-18(16)28;/h2-9H,10-14H2,1H3,(H2,25,26,27);1H. The molecule has 2 aromatic rings. The fourth-order valence-electron chi connectivity index (χ4n) is 3.13. The summed E-state index contributed by atoms with van der Waals surface area (Å²) in [6.07, 6.45) is -3.52. The van der Waals surface area contributed by atoms with Crippen LogP contribution in [-0.2, 0) is 17.8 Å². The van der Waals surface area contributed by atoms with Crippen LogP contribution < -0.4 is 20.3 Å². The molecule has 0 unspecified atom stereocenters. The molecule has 0 radical (unpaired) electrons. The van der Waals surface area contributed by atoms with Crippen molar-refractivity contribution in [3.63, 3.8) is 0 Å². The Hall–Kier alpha value is -2.50. The van der Waals surface area contributed by atoms with Gasteiger partial charge in [-0.1, -0.05) is 30.3 Å². The number of hydrogen-bond acceptors (Lipinski definition) is 3. The zero-order chi connectivity index (χ0) is 21.6. The predicted octanol–water partition coefficient (Wildman–Crippen LogP) is 3.50. The molecule has 0 bridgehead atoms. The van der Waals surface area contributed by atoms with Crippen LogP contribution in [0.2, 0.25) is 0 Å². The van der Waals surface area contributed by atoms with Gasteiger partial charge in [0, 0.05) is 25.8 Å². The average molecular weight is 548 g/mol. The molecule has 0 saturated heterocycles. The number of guanidine groups is 1. The Kier molecular flexibility index (Phi) is 8.96. The molecular formula is C21H24F3IN4O2. The normalized spacial score (nSPS) is 13.3. The topological polar surface area (TPSA) is 66.0 Å². The zero-order valence-corrected chi connectivity index (χ0v) is 19.2. The lowest BCUT2D eigenvalue weighted by molar-refractivity contribution is -0.153. The maximum atomic E-state index is 12.6. The molecule has 0 atom stereocenters. The number of anilines is 1. The Morgan fingerprint density at radius 1 is 1.13 bits per heavy atom. The van der Waals surface area contributed by atoms with E-state index in [-0.39, 0.29) is 42.2 Å². The number of alkyl halides is 3. The minimum absolute atomic E-state index is 0. The maximum absolute atomic E-state index is 12.6. The van der Waals surface area contributed by atoms with Crippen LogP contribution in [0.25, 0.3) is 0 Å². The minimum Gasteiger partial charge on any atom is -0.484 e. The van der Waals surface area contributed by atoms with Crippen molar-refractivity contribution in [3.8, 4) is 5.75 Å². The highest BCUT2D eigenvalue weighted by atomic mass is 127. The van der Waals surface area contributed by atoms with Crippen molar-refractivity contribution in [1.82, 2.24) is 10.6 Å². The summed E-state index contributed by atoms with van der Waals surface area (Å²) in [7, 11) is 1.60. The second kappa shape index (κ2) is 11.2. The van der Waals surface area contributed by atoms with E-state index >= 15 is 0 Å². The number of nitrogens with zero attached hydrogens (tertiary/aromatic N) is 2. The first-order chi connectivity index (χ1) is 14.4. The smallest absolute Gasteiger partial charge is 0.422 e. The van der Waals surface area contributed by atoms with Crippen LogP contribution >= 0.6 is 24.0 Å². The largest absolute Gasteiger partial charge is 0.484 e. The quantitative estimate of drug-likeness (QED) is 0.330. The number of amides is 1. The minimum atomic E-state index is -4.37. The van der Waals surface area contributed by atoms with Gasteiger partial charge in [-0.25, -0.2) is 0 Å². The lowest BCUT2D eigenvalue weighted by Crippen LogP contribution is -2.44. The van der Waals surface area contributed by atoms with Gasteiger partial charge in [-0.2, -0.15) is 13.2 Å². The number of nitrogens with one attached hydrogen (secondary N) is 2. The van der Waals surface area contributed by atoms with E-state index in [9.17, 15) is 18.0 Å². The highest BCUT2D eigenvalue weighted by Crippen LogP contribution is 2.27. The van der Waals surface area contributed by atoms with Crippen molar-refractivity contribution in [2.45, 2.75) is 19.1 Å². The van der Waals surface area contributed by atoms with Gasteiger partial charge in [0.25, 0.3) is 0 Å². The van der Waals surface area contributed by atoms with Crippen LogP contribution in [0, 0.1) is 0 Å². The number of halogens is 4. The molecule has 1 aliphatic rings. The number of rotatable bonds is 6. The second-order valence-corrected chi connectivity index (χ2v) is 6.75. The van der Waals surface area contributed by atoms with Crippen molar-refractivity contribution >= 4 is 41.5 Å². The van der Waals surface area contributed by atoms with Gasteiger partial charge in [0.2, 0.25) is 5.91 Å². The van der Waals surface area contributed by atoms with E-state index in [1.165, 1.54) is 12.1 Å². The van der Waals surface area contributed by atoms with Crippen LogP contribution in [0.3, 0.4) is 0 Å². The maximum Gasteiger partial charge on any atom is 0.422 e. The number of ether oxygens (including phenoxy) is 1. The van der Waals surface area contributed by atoms with E-state index in [4.69, 9.17) is 0 Å². The lowest BCUT2D eigenvalue weighted by atomic mass is 10.2. The zero-order valence-electron chi connectivity index (χ0n) is 16.9. The molecule has 2 aromatic carbocycles. The first-order valence-electron chi connectivity index (χ1n) is 9.47. The number of para-hydroxylation sites is 1. The van der Waals surface area contributed by atoms with Crippen molar-refractivity contribution in [2.24, 2.45) is 4.99 Å². The van der Waals surface area contributed by atoms with Gasteiger partial charge < -0.3 is 20.3 Å². The third-order valence-corrected chi connectivity index (χ3v) is 4.60. The van der Waals surface area contributed by atoms with E-state index in [1.807, 2.05) is 24.3 Å². The summed E-state index contributed by atoms with van der Waals surface area (Å²) >= 11 is 0. The molecule has 1 heterocycles. The highest BCUT2D eigenvalue weighted by molar-refractivity contribution is 14.0. The van der Waals surface area contributed by atoms with Gasteiger partial charge in [-0.3, -0.25) is 9.79 Å². The number of fused-ring (bicyclic) bond motifs is 1. The number of benzene rings is 2. The molecule has 31 heavy (non-hydrogen) atoms. The van der Waals surface area contributed by atoms with E-state index in [2.05, 4.69) is 20.4 Å². The molecule has 2 N–H and O–H groups in total. The van der Waals surface area contributed by atoms with Crippen molar-refractivity contribution in [2.75, 3.05) is 31.6 Å². The van der Waals surface area contributed by atoms with Gasteiger partial charge >= 0.3 is 6.18 Å². The summed E-state index contributed by atoms with van der Waals surface area (Å²) < 4.78 is 41.3. The molecule has 0 saturated carbocycles. The molecule has 0 aliphatic carbocycles. The molecule has 0 spiro atoms. The monoisotopic (exact) mass is 548 g/mol. The Labute approximate surface area is 195 Å². The Bertz CT molecular complexity index is 904. The van der Waals surface area contributed by atoms with Crippen LogP contribution in [0.15, 0.2) is 53.5 Å². The third-order valence-electron chi connectivity index (χ3n) is 4.60. The van der Waals surface area contributed by atoms with Gasteiger partial charge in [0.05, 0.1) is 6.54 Å². The lowest BCUT2D eigenvalue weighted by Gasteiger charge is -2.19. The molecule has 0 fully saturated rings. The van der Waals surface area contributed by atoms with E-state index in [0.29, 0.717) is 19.0 Å². The molecule has 6 nitrogen and oxygen atoms in total. The number of carbonyl (C=O) groups excluding carboxylic acids is 1. The molecular weight excluding hydrogens is 524 g/mol. The summed E-state index contributed by atoms with van der Waals surface area (Å²) in [5.74, 6) is 0.553. The fraction of sp³-hybridized carbons (Fsp3) is 0.333. The molecule has 3 rings (SSSR count). The molecule has 1 amide bonds. The van der Waals surface area contributed by atoms with Gasteiger partial charge in [0.1, 0.15) is 5.75 Å².